The first-order valence-corrected chi connectivity index (χ1v) is 8.03. The van der Waals surface area contributed by atoms with Gasteiger partial charge in [0.15, 0.2) is 0 Å². The second kappa shape index (κ2) is 5.94. The summed E-state index contributed by atoms with van der Waals surface area (Å²) in [5.74, 6) is 0.164. The second-order valence-corrected chi connectivity index (χ2v) is 6.70. The summed E-state index contributed by atoms with van der Waals surface area (Å²) < 4.78 is 2.31. The molecule has 1 amide bonds. The van der Waals surface area contributed by atoms with E-state index in [0.29, 0.717) is 6.42 Å². The Hall–Kier alpha value is -1.52. The van der Waals surface area contributed by atoms with Crippen LogP contribution in [0, 0.1) is 0 Å². The third-order valence-electron chi connectivity index (χ3n) is 4.46. The van der Waals surface area contributed by atoms with Crippen LogP contribution in [0.25, 0.3) is 10.9 Å². The first-order valence-electron chi connectivity index (χ1n) is 7.65. The lowest BCUT2D eigenvalue weighted by Gasteiger charge is -2.24. The highest BCUT2D eigenvalue weighted by atomic mass is 35.5. The summed E-state index contributed by atoms with van der Waals surface area (Å²) in [4.78, 5) is 15.9. The second-order valence-electron chi connectivity index (χ2n) is 6.26. The van der Waals surface area contributed by atoms with Gasteiger partial charge >= 0.3 is 0 Å². The Balaban J connectivity index is 2.03. The van der Waals surface area contributed by atoms with Gasteiger partial charge in [0.2, 0.25) is 5.91 Å². The molecule has 22 heavy (non-hydrogen) atoms. The third kappa shape index (κ3) is 2.73. The van der Waals surface area contributed by atoms with E-state index in [1.807, 2.05) is 6.07 Å². The Bertz CT molecular complexity index is 720. The van der Waals surface area contributed by atoms with Crippen LogP contribution in [-0.4, -0.2) is 48.0 Å². The van der Waals surface area contributed by atoms with E-state index >= 15 is 0 Å². The van der Waals surface area contributed by atoms with Crippen molar-refractivity contribution in [1.82, 2.24) is 14.4 Å². The number of rotatable bonds is 3. The van der Waals surface area contributed by atoms with Crippen molar-refractivity contribution >= 4 is 28.4 Å². The van der Waals surface area contributed by atoms with E-state index in [2.05, 4.69) is 28.6 Å². The normalized spacial score (nSPS) is 15.1. The number of carbonyl (C=O) groups is 1. The molecule has 0 unspecified atom stereocenters. The molecule has 3 rings (SSSR count). The van der Waals surface area contributed by atoms with Gasteiger partial charge in [-0.3, -0.25) is 4.79 Å². The van der Waals surface area contributed by atoms with Crippen molar-refractivity contribution in [2.75, 3.05) is 27.7 Å². The van der Waals surface area contributed by atoms with E-state index < -0.39 is 0 Å². The molecule has 0 fully saturated rings. The summed E-state index contributed by atoms with van der Waals surface area (Å²) in [7, 11) is 5.76. The van der Waals surface area contributed by atoms with Crippen LogP contribution in [0.3, 0.4) is 0 Å². The summed E-state index contributed by atoms with van der Waals surface area (Å²) in [6.45, 7) is 2.73. The molecule has 0 bridgehead atoms. The number of benzene rings is 1. The van der Waals surface area contributed by atoms with Crippen LogP contribution in [0.4, 0.5) is 0 Å². The summed E-state index contributed by atoms with van der Waals surface area (Å²) >= 11 is 6.19. The van der Waals surface area contributed by atoms with Crippen molar-refractivity contribution in [2.45, 2.75) is 25.9 Å². The maximum absolute atomic E-state index is 11.9. The molecule has 0 atom stereocenters. The van der Waals surface area contributed by atoms with E-state index in [0.717, 1.165) is 31.1 Å². The van der Waals surface area contributed by atoms with Crippen LogP contribution in [-0.2, 0) is 24.3 Å². The molecule has 1 aromatic heterocycles. The molecule has 118 valence electrons. The summed E-state index contributed by atoms with van der Waals surface area (Å²) in [5.41, 5.74) is 3.92. The molecule has 0 N–H and O–H groups in total. The minimum Gasteiger partial charge on any atom is -0.349 e. The van der Waals surface area contributed by atoms with Crippen LogP contribution in [0.15, 0.2) is 18.2 Å². The van der Waals surface area contributed by atoms with Gasteiger partial charge in [-0.15, -0.1) is 0 Å². The van der Waals surface area contributed by atoms with E-state index in [9.17, 15) is 4.79 Å². The molecule has 2 aromatic rings. The zero-order valence-corrected chi connectivity index (χ0v) is 14.2. The number of hydrogen-bond acceptors (Lipinski definition) is 2. The third-order valence-corrected chi connectivity index (χ3v) is 4.69. The quantitative estimate of drug-likeness (QED) is 0.870. The number of hydrogen-bond donors (Lipinski definition) is 0. The monoisotopic (exact) mass is 319 g/mol. The van der Waals surface area contributed by atoms with Gasteiger partial charge in [-0.1, -0.05) is 11.6 Å². The lowest BCUT2D eigenvalue weighted by Crippen LogP contribution is -2.28. The molecular weight excluding hydrogens is 298 g/mol. The molecule has 2 heterocycles. The van der Waals surface area contributed by atoms with Crippen LogP contribution in [0.1, 0.15) is 17.7 Å². The van der Waals surface area contributed by atoms with Crippen LogP contribution >= 0.6 is 11.6 Å². The SMILES string of the molecule is CN1CCc2c(c3cc(Cl)ccc3n2CCC(=O)N(C)C)C1. The van der Waals surface area contributed by atoms with Crippen molar-refractivity contribution in [3.05, 3.63) is 34.5 Å². The number of nitrogens with zero attached hydrogens (tertiary/aromatic N) is 3. The molecule has 0 spiro atoms. The van der Waals surface area contributed by atoms with Crippen molar-refractivity contribution in [3.63, 3.8) is 0 Å². The van der Waals surface area contributed by atoms with Gasteiger partial charge in [-0.05, 0) is 30.8 Å². The Labute approximate surface area is 136 Å². The van der Waals surface area contributed by atoms with Crippen LogP contribution in [0.5, 0.6) is 0 Å². The maximum atomic E-state index is 11.9. The smallest absolute Gasteiger partial charge is 0.223 e. The number of aryl methyl sites for hydroxylation is 1. The lowest BCUT2D eigenvalue weighted by atomic mass is 10.1. The van der Waals surface area contributed by atoms with E-state index in [4.69, 9.17) is 11.6 Å². The minimum absolute atomic E-state index is 0.164. The number of carbonyl (C=O) groups excluding carboxylic acids is 1. The standard InChI is InChI=1S/C17H22ClN3O/c1-19(2)17(22)7-9-21-15-5-4-12(18)10-13(15)14-11-20(3)8-6-16(14)21/h4-5,10H,6-9,11H2,1-3H3. The summed E-state index contributed by atoms with van der Waals surface area (Å²) in [6, 6.07) is 6.07. The van der Waals surface area contributed by atoms with E-state index in [1.165, 1.54) is 22.2 Å². The number of fused-ring (bicyclic) bond motifs is 3. The van der Waals surface area contributed by atoms with E-state index in [1.54, 1.807) is 19.0 Å². The van der Waals surface area contributed by atoms with E-state index in [-0.39, 0.29) is 5.91 Å². The molecule has 5 heteroatoms. The molecule has 1 aliphatic rings. The number of aromatic nitrogens is 1. The first-order chi connectivity index (χ1) is 10.5. The van der Waals surface area contributed by atoms with Crippen molar-refractivity contribution in [2.24, 2.45) is 0 Å². The zero-order valence-electron chi connectivity index (χ0n) is 13.4. The first kappa shape index (κ1) is 15.4. The van der Waals surface area contributed by atoms with Crippen LogP contribution in [0.2, 0.25) is 5.02 Å². The number of amides is 1. The Morgan fingerprint density at radius 1 is 1.36 bits per heavy atom. The minimum atomic E-state index is 0.164. The number of likely N-dealkylation sites (N-methyl/N-ethyl adjacent to an activating group) is 1. The Morgan fingerprint density at radius 2 is 2.14 bits per heavy atom. The molecule has 1 aromatic carbocycles. The highest BCUT2D eigenvalue weighted by Gasteiger charge is 2.22. The van der Waals surface area contributed by atoms with Crippen molar-refractivity contribution in [1.29, 1.82) is 0 Å². The fourth-order valence-corrected chi connectivity index (χ4v) is 3.42. The maximum Gasteiger partial charge on any atom is 0.223 e. The predicted octanol–water partition coefficient (Wildman–Crippen LogP) is 2.76. The van der Waals surface area contributed by atoms with Gasteiger partial charge in [0, 0.05) is 68.2 Å². The fourth-order valence-electron chi connectivity index (χ4n) is 3.24. The Morgan fingerprint density at radius 3 is 2.86 bits per heavy atom. The highest BCUT2D eigenvalue weighted by Crippen LogP contribution is 2.32. The van der Waals surface area contributed by atoms with Crippen LogP contribution < -0.4 is 0 Å². The van der Waals surface area contributed by atoms with Gasteiger partial charge in [0.05, 0.1) is 0 Å². The highest BCUT2D eigenvalue weighted by molar-refractivity contribution is 6.31. The van der Waals surface area contributed by atoms with Gasteiger partial charge in [0.1, 0.15) is 0 Å². The molecule has 1 aliphatic heterocycles. The molecule has 0 saturated heterocycles. The summed E-state index contributed by atoms with van der Waals surface area (Å²) in [6.07, 6.45) is 1.55. The van der Waals surface area contributed by atoms with Gasteiger partial charge in [-0.25, -0.2) is 0 Å². The van der Waals surface area contributed by atoms with Crippen molar-refractivity contribution < 1.29 is 4.79 Å². The van der Waals surface area contributed by atoms with Gasteiger partial charge in [-0.2, -0.15) is 0 Å². The largest absolute Gasteiger partial charge is 0.349 e. The average Bonchev–Trinajstić information content (AvgIpc) is 2.77. The molecule has 0 aliphatic carbocycles. The molecular formula is C17H22ClN3O. The zero-order chi connectivity index (χ0) is 15.9. The molecule has 0 saturated carbocycles. The topological polar surface area (TPSA) is 28.5 Å². The lowest BCUT2D eigenvalue weighted by molar-refractivity contribution is -0.128. The summed E-state index contributed by atoms with van der Waals surface area (Å²) in [5, 5.41) is 2.00. The fraction of sp³-hybridized carbons (Fsp3) is 0.471. The van der Waals surface area contributed by atoms with Crippen molar-refractivity contribution in [3.8, 4) is 0 Å². The molecule has 4 nitrogen and oxygen atoms in total. The average molecular weight is 320 g/mol. The van der Waals surface area contributed by atoms with Gasteiger partial charge in [0.25, 0.3) is 0 Å². The molecule has 0 radical (unpaired) electrons. The van der Waals surface area contributed by atoms with Gasteiger partial charge < -0.3 is 14.4 Å². The number of halogens is 1. The predicted molar refractivity (Wildman–Crippen MR) is 90.3 cm³/mol. The Kier molecular flexibility index (Phi) is 4.15.